The molecule has 1 amide bonds. The molecule has 0 bridgehead atoms. The van der Waals surface area contributed by atoms with Crippen LogP contribution in [0.25, 0.3) is 22.0 Å². The summed E-state index contributed by atoms with van der Waals surface area (Å²) in [4.78, 5) is 14.8. The summed E-state index contributed by atoms with van der Waals surface area (Å²) in [6, 6.07) is 9.60. The van der Waals surface area contributed by atoms with Crippen LogP contribution < -0.4 is 10.8 Å². The minimum atomic E-state index is -0.404. The molecule has 0 radical (unpaired) electrons. The maximum absolute atomic E-state index is 14.3. The van der Waals surface area contributed by atoms with Crippen LogP contribution in [-0.2, 0) is 4.79 Å². The van der Waals surface area contributed by atoms with E-state index in [1.165, 1.54) is 18.2 Å². The van der Waals surface area contributed by atoms with Crippen molar-refractivity contribution in [2.75, 3.05) is 30.9 Å². The number of carbonyl (C=O) groups is 1. The number of amides is 1. The average Bonchev–Trinajstić information content (AvgIpc) is 3.11. The van der Waals surface area contributed by atoms with Gasteiger partial charge in [-0.05, 0) is 68.9 Å². The number of carbonyl (C=O) groups excluding carboxylic acids is 1. The molecule has 1 aliphatic heterocycles. The fourth-order valence-corrected chi connectivity index (χ4v) is 3.58. The highest BCUT2D eigenvalue weighted by atomic mass is 19.1. The largest absolute Gasteiger partial charge is 0.308 e. The van der Waals surface area contributed by atoms with Crippen LogP contribution in [0, 0.1) is 11.7 Å². The van der Waals surface area contributed by atoms with Gasteiger partial charge in [0, 0.05) is 16.9 Å². The lowest BCUT2D eigenvalue weighted by Gasteiger charge is -2.27. The molecule has 1 fully saturated rings. The molecule has 0 atom stereocenters. The number of benzene rings is 2. The molecule has 4 rings (SSSR count). The number of hydrogen-bond donors (Lipinski definition) is 4. The Morgan fingerprint density at radius 1 is 1.25 bits per heavy atom. The molecule has 2 aromatic carbocycles. The van der Waals surface area contributed by atoms with E-state index < -0.39 is 5.82 Å². The highest BCUT2D eigenvalue weighted by Crippen LogP contribution is 2.31. The van der Waals surface area contributed by atoms with Crippen molar-refractivity contribution in [2.24, 2.45) is 5.92 Å². The molecule has 0 unspecified atom stereocenters. The molecular formula is C20H22FN5O2. The van der Waals surface area contributed by atoms with Crippen LogP contribution in [0.3, 0.4) is 0 Å². The van der Waals surface area contributed by atoms with Crippen molar-refractivity contribution in [3.8, 4) is 11.1 Å². The van der Waals surface area contributed by atoms with Gasteiger partial charge >= 0.3 is 0 Å². The minimum Gasteiger partial charge on any atom is -0.308 e. The number of fused-ring (bicyclic) bond motifs is 1. The zero-order valence-electron chi connectivity index (χ0n) is 15.5. The summed E-state index contributed by atoms with van der Waals surface area (Å²) in [7, 11) is 2.05. The normalized spacial score (nSPS) is 15.7. The van der Waals surface area contributed by atoms with E-state index in [4.69, 9.17) is 5.21 Å². The van der Waals surface area contributed by atoms with Crippen LogP contribution in [-0.4, -0.2) is 46.3 Å². The van der Waals surface area contributed by atoms with Crippen molar-refractivity contribution in [1.29, 1.82) is 0 Å². The van der Waals surface area contributed by atoms with Gasteiger partial charge in [-0.1, -0.05) is 6.07 Å². The number of anilines is 2. The van der Waals surface area contributed by atoms with Crippen molar-refractivity contribution in [3.63, 3.8) is 0 Å². The molecule has 2 heterocycles. The van der Waals surface area contributed by atoms with Gasteiger partial charge in [0.05, 0.1) is 11.2 Å². The van der Waals surface area contributed by atoms with Crippen molar-refractivity contribution < 1.29 is 14.4 Å². The summed E-state index contributed by atoms with van der Waals surface area (Å²) in [5.74, 6) is -0.0307. The zero-order valence-corrected chi connectivity index (χ0v) is 15.5. The van der Waals surface area contributed by atoms with E-state index in [-0.39, 0.29) is 11.8 Å². The van der Waals surface area contributed by atoms with Crippen LogP contribution >= 0.6 is 0 Å². The van der Waals surface area contributed by atoms with Gasteiger partial charge in [0.15, 0.2) is 5.82 Å². The Hall–Kier alpha value is -2.97. The van der Waals surface area contributed by atoms with Gasteiger partial charge in [0.25, 0.3) is 0 Å². The molecule has 3 aromatic rings. The van der Waals surface area contributed by atoms with E-state index >= 15 is 0 Å². The second-order valence-electron chi connectivity index (χ2n) is 7.21. The van der Waals surface area contributed by atoms with Crippen LogP contribution in [0.4, 0.5) is 15.9 Å². The van der Waals surface area contributed by atoms with Gasteiger partial charge in [0.2, 0.25) is 5.91 Å². The molecule has 0 aliphatic carbocycles. The Bertz CT molecular complexity index is 1010. The van der Waals surface area contributed by atoms with E-state index in [1.807, 2.05) is 5.48 Å². The quantitative estimate of drug-likeness (QED) is 0.518. The van der Waals surface area contributed by atoms with Crippen LogP contribution in [0.2, 0.25) is 0 Å². The molecule has 0 spiro atoms. The maximum atomic E-state index is 14.3. The highest BCUT2D eigenvalue weighted by molar-refractivity contribution is 6.01. The van der Waals surface area contributed by atoms with E-state index in [0.29, 0.717) is 28.0 Å². The summed E-state index contributed by atoms with van der Waals surface area (Å²) < 4.78 is 14.3. The number of halogens is 1. The molecule has 7 nitrogen and oxygen atoms in total. The Labute approximate surface area is 161 Å². The van der Waals surface area contributed by atoms with Gasteiger partial charge in [0.1, 0.15) is 5.82 Å². The number of hydrogen-bond acceptors (Lipinski definition) is 5. The molecule has 1 saturated heterocycles. The predicted molar refractivity (Wildman–Crippen MR) is 106 cm³/mol. The third-order valence-electron chi connectivity index (χ3n) is 5.30. The number of likely N-dealkylation sites (tertiary alicyclic amines) is 1. The first-order valence-corrected chi connectivity index (χ1v) is 9.22. The number of nitrogens with zero attached hydrogens (tertiary/aromatic N) is 2. The first kappa shape index (κ1) is 18.4. The van der Waals surface area contributed by atoms with E-state index in [1.54, 1.807) is 18.2 Å². The third-order valence-corrected chi connectivity index (χ3v) is 5.30. The second-order valence-corrected chi connectivity index (χ2v) is 7.21. The number of aromatic amines is 1. The van der Waals surface area contributed by atoms with E-state index in [0.717, 1.165) is 31.4 Å². The van der Waals surface area contributed by atoms with Gasteiger partial charge in [-0.15, -0.1) is 0 Å². The molecule has 28 heavy (non-hydrogen) atoms. The standard InChI is InChI=1S/C20H22FN5O2/c1-26-8-6-12(7-9-26)20(27)22-19-16-10-13(2-5-18(16)23-24-19)15-11-14(25-28)3-4-17(15)21/h2-5,10-12,25,28H,6-9H2,1H3,(H2,22,23,24,27). The summed E-state index contributed by atoms with van der Waals surface area (Å²) in [6.45, 7) is 1.80. The van der Waals surface area contributed by atoms with Gasteiger partial charge in [-0.2, -0.15) is 5.10 Å². The maximum Gasteiger partial charge on any atom is 0.228 e. The van der Waals surface area contributed by atoms with Crippen LogP contribution in [0.1, 0.15) is 12.8 Å². The zero-order chi connectivity index (χ0) is 19.7. The van der Waals surface area contributed by atoms with Crippen molar-refractivity contribution in [3.05, 3.63) is 42.2 Å². The average molecular weight is 383 g/mol. The lowest BCUT2D eigenvalue weighted by atomic mass is 9.96. The number of piperidine rings is 1. The topological polar surface area (TPSA) is 93.3 Å². The Morgan fingerprint density at radius 2 is 2.04 bits per heavy atom. The van der Waals surface area contributed by atoms with Crippen molar-refractivity contribution in [2.45, 2.75) is 12.8 Å². The molecule has 0 saturated carbocycles. The lowest BCUT2D eigenvalue weighted by Crippen LogP contribution is -2.36. The Balaban J connectivity index is 1.63. The summed E-state index contributed by atoms with van der Waals surface area (Å²) in [6.07, 6.45) is 1.64. The summed E-state index contributed by atoms with van der Waals surface area (Å²) in [5, 5.41) is 19.8. The summed E-state index contributed by atoms with van der Waals surface area (Å²) >= 11 is 0. The van der Waals surface area contributed by atoms with Gasteiger partial charge in [-0.3, -0.25) is 20.6 Å². The number of H-pyrrole nitrogens is 1. The number of aromatic nitrogens is 2. The van der Waals surface area contributed by atoms with Crippen LogP contribution in [0.5, 0.6) is 0 Å². The van der Waals surface area contributed by atoms with Gasteiger partial charge < -0.3 is 10.2 Å². The first-order valence-electron chi connectivity index (χ1n) is 9.22. The van der Waals surface area contributed by atoms with Crippen molar-refractivity contribution in [1.82, 2.24) is 15.1 Å². The molecule has 1 aliphatic rings. The smallest absolute Gasteiger partial charge is 0.228 e. The number of nitrogens with one attached hydrogen (secondary N) is 3. The Kier molecular flexibility index (Phi) is 4.97. The third kappa shape index (κ3) is 3.56. The van der Waals surface area contributed by atoms with Crippen LogP contribution in [0.15, 0.2) is 36.4 Å². The van der Waals surface area contributed by atoms with E-state index in [2.05, 4.69) is 27.5 Å². The summed E-state index contributed by atoms with van der Waals surface area (Å²) in [5.41, 5.74) is 4.13. The highest BCUT2D eigenvalue weighted by Gasteiger charge is 2.24. The fourth-order valence-electron chi connectivity index (χ4n) is 3.58. The van der Waals surface area contributed by atoms with Crippen molar-refractivity contribution >= 4 is 28.3 Å². The fraction of sp³-hybridized carbons (Fsp3) is 0.300. The monoisotopic (exact) mass is 383 g/mol. The first-order chi connectivity index (χ1) is 13.5. The lowest BCUT2D eigenvalue weighted by molar-refractivity contribution is -0.121. The molecule has 1 aromatic heterocycles. The Morgan fingerprint density at radius 3 is 2.79 bits per heavy atom. The number of rotatable bonds is 4. The molecule has 4 N–H and O–H groups in total. The predicted octanol–water partition coefficient (Wildman–Crippen LogP) is 3.45. The molecule has 146 valence electrons. The molecular weight excluding hydrogens is 361 g/mol. The SMILES string of the molecule is CN1CCC(C(=O)Nc2n[nH]c3ccc(-c4cc(NO)ccc4F)cc23)CC1. The molecule has 8 heteroatoms. The van der Waals surface area contributed by atoms with E-state index in [9.17, 15) is 9.18 Å². The van der Waals surface area contributed by atoms with Gasteiger partial charge in [-0.25, -0.2) is 4.39 Å². The minimum absolute atomic E-state index is 0.0316. The second kappa shape index (κ2) is 7.57.